The van der Waals surface area contributed by atoms with Gasteiger partial charge in [-0.3, -0.25) is 9.59 Å². The lowest BCUT2D eigenvalue weighted by Gasteiger charge is -2.26. The average molecular weight is 417 g/mol. The second-order valence-electron chi connectivity index (χ2n) is 8.10. The summed E-state index contributed by atoms with van der Waals surface area (Å²) in [6.45, 7) is 10.7. The summed E-state index contributed by atoms with van der Waals surface area (Å²) in [4.78, 5) is 39.3. The predicted molar refractivity (Wildman–Crippen MR) is 116 cm³/mol. The topological polar surface area (TPSA) is 75.7 Å². The van der Waals surface area contributed by atoms with Crippen molar-refractivity contribution in [3.05, 3.63) is 46.8 Å². The number of para-hydroxylation sites is 1. The second kappa shape index (κ2) is 9.22. The molecule has 0 aliphatic rings. The minimum atomic E-state index is -0.575. The van der Waals surface area contributed by atoms with Crippen LogP contribution < -0.4 is 10.2 Å². The minimum absolute atomic E-state index is 0.0775. The maximum Gasteiger partial charge on any atom is 0.349 e. The van der Waals surface area contributed by atoms with Gasteiger partial charge in [0.1, 0.15) is 4.88 Å². The standard InChI is InChI=1S/C22H28N2O4S/c1-14(2)24(16-10-8-7-9-11-16)18(25)13-28-20(26)19-15(3)12-17(29-19)23-21(27)22(4,5)6/h7-12,14H,13H2,1-6H3,(H,23,27). The molecule has 29 heavy (non-hydrogen) atoms. The van der Waals surface area contributed by atoms with Crippen LogP contribution in [0.5, 0.6) is 0 Å². The summed E-state index contributed by atoms with van der Waals surface area (Å²) < 4.78 is 5.28. The smallest absolute Gasteiger partial charge is 0.349 e. The molecule has 1 aromatic heterocycles. The van der Waals surface area contributed by atoms with Gasteiger partial charge in [0.2, 0.25) is 5.91 Å². The van der Waals surface area contributed by atoms with Gasteiger partial charge in [0, 0.05) is 17.1 Å². The summed E-state index contributed by atoms with van der Waals surface area (Å²) in [6, 6.07) is 10.9. The molecule has 0 aliphatic carbocycles. The van der Waals surface area contributed by atoms with Crippen molar-refractivity contribution >= 4 is 39.8 Å². The molecular weight excluding hydrogens is 388 g/mol. The Hall–Kier alpha value is -2.67. The fourth-order valence-corrected chi connectivity index (χ4v) is 3.59. The molecule has 2 rings (SSSR count). The minimum Gasteiger partial charge on any atom is -0.451 e. The summed E-state index contributed by atoms with van der Waals surface area (Å²) in [5.74, 6) is -1.01. The Kier molecular flexibility index (Phi) is 7.19. The molecule has 1 N–H and O–H groups in total. The Balaban J connectivity index is 2.05. The molecule has 0 spiro atoms. The van der Waals surface area contributed by atoms with E-state index in [1.54, 1.807) is 17.9 Å². The number of nitrogens with zero attached hydrogens (tertiary/aromatic N) is 1. The van der Waals surface area contributed by atoms with E-state index in [4.69, 9.17) is 4.74 Å². The monoisotopic (exact) mass is 416 g/mol. The molecule has 2 aromatic rings. The van der Waals surface area contributed by atoms with Crippen molar-refractivity contribution in [3.63, 3.8) is 0 Å². The highest BCUT2D eigenvalue weighted by atomic mass is 32.1. The molecule has 6 nitrogen and oxygen atoms in total. The Morgan fingerprint density at radius 2 is 1.76 bits per heavy atom. The third kappa shape index (κ3) is 5.90. The quantitative estimate of drug-likeness (QED) is 0.696. The molecule has 0 atom stereocenters. The van der Waals surface area contributed by atoms with Gasteiger partial charge in [-0.1, -0.05) is 39.0 Å². The van der Waals surface area contributed by atoms with E-state index in [1.165, 1.54) is 0 Å². The third-order valence-electron chi connectivity index (χ3n) is 4.17. The molecule has 1 aromatic carbocycles. The highest BCUT2D eigenvalue weighted by Crippen LogP contribution is 2.29. The van der Waals surface area contributed by atoms with E-state index in [0.29, 0.717) is 15.4 Å². The normalized spacial score (nSPS) is 11.3. The molecule has 156 valence electrons. The first-order chi connectivity index (χ1) is 13.5. The number of nitrogens with one attached hydrogen (secondary N) is 1. The summed E-state index contributed by atoms with van der Waals surface area (Å²) in [5, 5.41) is 3.39. The summed E-state index contributed by atoms with van der Waals surface area (Å²) in [6.07, 6.45) is 0. The molecule has 2 amide bonds. The van der Waals surface area contributed by atoms with E-state index in [-0.39, 0.29) is 24.5 Å². The van der Waals surface area contributed by atoms with E-state index in [1.807, 2.05) is 65.0 Å². The second-order valence-corrected chi connectivity index (χ2v) is 9.15. The first-order valence-electron chi connectivity index (χ1n) is 9.47. The van der Waals surface area contributed by atoms with Gasteiger partial charge in [0.15, 0.2) is 6.61 Å². The summed E-state index contributed by atoms with van der Waals surface area (Å²) in [5.41, 5.74) is 0.909. The number of thiophene rings is 1. The van der Waals surface area contributed by atoms with Gasteiger partial charge in [-0.05, 0) is 44.5 Å². The van der Waals surface area contributed by atoms with Crippen molar-refractivity contribution in [2.75, 3.05) is 16.8 Å². The Labute approximate surface area is 175 Å². The largest absolute Gasteiger partial charge is 0.451 e. The molecule has 0 aliphatic heterocycles. The number of ether oxygens (including phenoxy) is 1. The molecule has 0 fully saturated rings. The highest BCUT2D eigenvalue weighted by molar-refractivity contribution is 7.18. The zero-order chi connectivity index (χ0) is 21.8. The molecule has 0 bridgehead atoms. The molecule has 0 radical (unpaired) electrons. The number of aryl methyl sites for hydroxylation is 1. The van der Waals surface area contributed by atoms with Gasteiger partial charge in [-0.15, -0.1) is 11.3 Å². The zero-order valence-electron chi connectivity index (χ0n) is 17.7. The number of carbonyl (C=O) groups excluding carboxylic acids is 3. The van der Waals surface area contributed by atoms with Crippen molar-refractivity contribution in [2.45, 2.75) is 47.6 Å². The van der Waals surface area contributed by atoms with Crippen LogP contribution in [0, 0.1) is 12.3 Å². The lowest BCUT2D eigenvalue weighted by atomic mass is 9.96. The van der Waals surface area contributed by atoms with E-state index in [2.05, 4.69) is 5.32 Å². The number of rotatable bonds is 6. The predicted octanol–water partition coefficient (Wildman–Crippen LogP) is 4.64. The molecule has 0 saturated carbocycles. The van der Waals surface area contributed by atoms with E-state index in [9.17, 15) is 14.4 Å². The van der Waals surface area contributed by atoms with Gasteiger partial charge < -0.3 is 15.0 Å². The van der Waals surface area contributed by atoms with Crippen molar-refractivity contribution < 1.29 is 19.1 Å². The van der Waals surface area contributed by atoms with Gasteiger partial charge in [-0.2, -0.15) is 0 Å². The maximum atomic E-state index is 12.7. The molecule has 0 unspecified atom stereocenters. The molecule has 7 heteroatoms. The average Bonchev–Trinajstić information content (AvgIpc) is 3.00. The van der Waals surface area contributed by atoms with Crippen LogP contribution in [0.1, 0.15) is 49.9 Å². The lowest BCUT2D eigenvalue weighted by Crippen LogP contribution is -2.39. The van der Waals surface area contributed by atoms with Crippen molar-refractivity contribution in [3.8, 4) is 0 Å². The SMILES string of the molecule is Cc1cc(NC(=O)C(C)(C)C)sc1C(=O)OCC(=O)N(c1ccccc1)C(C)C. The summed E-state index contributed by atoms with van der Waals surface area (Å²) in [7, 11) is 0. The van der Waals surface area contributed by atoms with Gasteiger partial charge in [0.05, 0.1) is 5.00 Å². The van der Waals surface area contributed by atoms with Crippen LogP contribution in [-0.2, 0) is 14.3 Å². The number of esters is 1. The highest BCUT2D eigenvalue weighted by Gasteiger charge is 2.25. The first-order valence-corrected chi connectivity index (χ1v) is 10.3. The maximum absolute atomic E-state index is 12.7. The van der Waals surface area contributed by atoms with E-state index < -0.39 is 11.4 Å². The molecule has 0 saturated heterocycles. The van der Waals surface area contributed by atoms with Crippen molar-refractivity contribution in [1.82, 2.24) is 0 Å². The first kappa shape index (κ1) is 22.6. The van der Waals surface area contributed by atoms with Crippen LogP contribution in [-0.4, -0.2) is 30.4 Å². The van der Waals surface area contributed by atoms with Gasteiger partial charge in [0.25, 0.3) is 5.91 Å². The molecular formula is C22H28N2O4S. The van der Waals surface area contributed by atoms with Crippen LogP contribution in [0.2, 0.25) is 0 Å². The lowest BCUT2D eigenvalue weighted by molar-refractivity contribution is -0.123. The number of anilines is 2. The Bertz CT molecular complexity index is 882. The van der Waals surface area contributed by atoms with Crippen LogP contribution in [0.25, 0.3) is 0 Å². The summed E-state index contributed by atoms with van der Waals surface area (Å²) >= 11 is 1.14. The molecule has 1 heterocycles. The number of hydrogen-bond donors (Lipinski definition) is 1. The van der Waals surface area contributed by atoms with Crippen molar-refractivity contribution in [1.29, 1.82) is 0 Å². The van der Waals surface area contributed by atoms with E-state index in [0.717, 1.165) is 17.0 Å². The third-order valence-corrected chi connectivity index (χ3v) is 5.30. The van der Waals surface area contributed by atoms with Crippen LogP contribution in [0.15, 0.2) is 36.4 Å². The number of amides is 2. The number of carbonyl (C=O) groups is 3. The Morgan fingerprint density at radius 1 is 1.14 bits per heavy atom. The zero-order valence-corrected chi connectivity index (χ0v) is 18.6. The van der Waals surface area contributed by atoms with Gasteiger partial charge in [-0.25, -0.2) is 4.79 Å². The van der Waals surface area contributed by atoms with Crippen LogP contribution in [0.4, 0.5) is 10.7 Å². The van der Waals surface area contributed by atoms with Gasteiger partial charge >= 0.3 is 5.97 Å². The van der Waals surface area contributed by atoms with Crippen LogP contribution >= 0.6 is 11.3 Å². The number of benzene rings is 1. The fraction of sp³-hybridized carbons (Fsp3) is 0.409. The van der Waals surface area contributed by atoms with E-state index >= 15 is 0 Å². The van der Waals surface area contributed by atoms with Crippen molar-refractivity contribution in [2.24, 2.45) is 5.41 Å². The Morgan fingerprint density at radius 3 is 2.31 bits per heavy atom. The number of hydrogen-bond acceptors (Lipinski definition) is 5. The van der Waals surface area contributed by atoms with Crippen LogP contribution in [0.3, 0.4) is 0 Å². The fourth-order valence-electron chi connectivity index (χ4n) is 2.63.